The largest absolute Gasteiger partial charge is 0.493 e. The Labute approximate surface area is 245 Å². The Bertz CT molecular complexity index is 1510. The Morgan fingerprint density at radius 1 is 1.00 bits per heavy atom. The first kappa shape index (κ1) is 28.8. The van der Waals surface area contributed by atoms with Gasteiger partial charge in [-0.2, -0.15) is 0 Å². The van der Waals surface area contributed by atoms with Crippen LogP contribution in [0.1, 0.15) is 39.5 Å². The van der Waals surface area contributed by atoms with Crippen molar-refractivity contribution in [3.05, 3.63) is 91.6 Å². The zero-order chi connectivity index (χ0) is 29.0. The van der Waals surface area contributed by atoms with E-state index in [9.17, 15) is 19.2 Å². The van der Waals surface area contributed by atoms with Crippen molar-refractivity contribution in [2.45, 2.75) is 27.4 Å². The minimum atomic E-state index is -0.890. The van der Waals surface area contributed by atoms with Gasteiger partial charge in [-0.3, -0.25) is 14.9 Å². The molecule has 0 aliphatic carbocycles. The number of barbiturate groups is 1. The molecular formula is C30H27IN2O7. The maximum atomic E-state index is 13.3. The summed E-state index contributed by atoms with van der Waals surface area (Å²) < 4.78 is 17.3. The van der Waals surface area contributed by atoms with E-state index in [2.05, 4.69) is 46.1 Å². The number of ether oxygens (including phenoxy) is 3. The summed E-state index contributed by atoms with van der Waals surface area (Å²) in [6.45, 7) is 6.30. The van der Waals surface area contributed by atoms with E-state index in [-0.39, 0.29) is 23.4 Å². The molecule has 0 saturated carbocycles. The van der Waals surface area contributed by atoms with Crippen molar-refractivity contribution in [1.29, 1.82) is 0 Å². The smallest absolute Gasteiger partial charge is 0.338 e. The van der Waals surface area contributed by atoms with E-state index in [1.54, 1.807) is 19.1 Å². The fourth-order valence-corrected chi connectivity index (χ4v) is 5.07. The summed E-state index contributed by atoms with van der Waals surface area (Å²) in [5.74, 6) is -1.19. The van der Waals surface area contributed by atoms with Crippen LogP contribution in [0.3, 0.4) is 0 Å². The van der Waals surface area contributed by atoms with E-state index in [4.69, 9.17) is 14.2 Å². The molecule has 3 aromatic rings. The monoisotopic (exact) mass is 654 g/mol. The van der Waals surface area contributed by atoms with Gasteiger partial charge < -0.3 is 14.2 Å². The zero-order valence-corrected chi connectivity index (χ0v) is 24.5. The number of carbonyl (C=O) groups excluding carboxylic acids is 4. The molecule has 4 rings (SSSR count). The second-order valence-corrected chi connectivity index (χ2v) is 10.2. The van der Waals surface area contributed by atoms with Crippen LogP contribution in [0.4, 0.5) is 10.5 Å². The fourth-order valence-electron chi connectivity index (χ4n) is 4.29. The fraction of sp³-hybridized carbons (Fsp3) is 0.200. The van der Waals surface area contributed by atoms with Crippen LogP contribution in [-0.2, 0) is 20.9 Å². The van der Waals surface area contributed by atoms with Crippen LogP contribution in [0.5, 0.6) is 11.5 Å². The third-order valence-electron chi connectivity index (χ3n) is 5.97. The van der Waals surface area contributed by atoms with Crippen molar-refractivity contribution in [3.8, 4) is 11.5 Å². The molecule has 1 heterocycles. The van der Waals surface area contributed by atoms with Crippen LogP contribution in [0.2, 0.25) is 0 Å². The van der Waals surface area contributed by atoms with Crippen molar-refractivity contribution in [1.82, 2.24) is 5.32 Å². The quantitative estimate of drug-likeness (QED) is 0.151. The molecule has 0 unspecified atom stereocenters. The lowest BCUT2D eigenvalue weighted by atomic mass is 10.1. The van der Waals surface area contributed by atoms with E-state index in [1.165, 1.54) is 37.5 Å². The van der Waals surface area contributed by atoms with Gasteiger partial charge in [0.2, 0.25) is 0 Å². The second kappa shape index (κ2) is 12.3. The van der Waals surface area contributed by atoms with Crippen LogP contribution in [0, 0.1) is 17.4 Å². The average molecular weight is 654 g/mol. The second-order valence-electron chi connectivity index (χ2n) is 9.04. The lowest BCUT2D eigenvalue weighted by Crippen LogP contribution is -2.54. The molecule has 0 bridgehead atoms. The molecule has 0 atom stereocenters. The van der Waals surface area contributed by atoms with Crippen molar-refractivity contribution >= 4 is 58.2 Å². The van der Waals surface area contributed by atoms with Gasteiger partial charge in [0.25, 0.3) is 11.8 Å². The van der Waals surface area contributed by atoms with Crippen molar-refractivity contribution in [3.63, 3.8) is 0 Å². The number of urea groups is 1. The van der Waals surface area contributed by atoms with Crippen LogP contribution in [-0.4, -0.2) is 37.5 Å². The number of carbonyl (C=O) groups is 4. The van der Waals surface area contributed by atoms with Gasteiger partial charge >= 0.3 is 12.0 Å². The SMILES string of the molecule is CCOC(=O)c1ccc(N2C(=O)NC(=O)/C(=C\c3cc(I)c(OCc4cc(C)cc(C)c4)c(OC)c3)C2=O)cc1. The molecule has 0 radical (unpaired) electrons. The van der Waals surface area contributed by atoms with Crippen molar-refractivity contribution < 1.29 is 33.4 Å². The van der Waals surface area contributed by atoms with Gasteiger partial charge in [-0.05, 0) is 97.0 Å². The standard InChI is InChI=1S/C30H27IN2O7/c1-5-39-29(36)21-6-8-22(9-7-21)33-28(35)23(27(34)32-30(33)37)13-19-14-24(31)26(25(15-19)38-4)40-16-20-11-17(2)10-18(3)12-20/h6-15H,5,16H2,1-4H3,(H,32,34,37)/b23-13+. The molecule has 40 heavy (non-hydrogen) atoms. The summed E-state index contributed by atoms with van der Waals surface area (Å²) in [6.07, 6.45) is 1.39. The Morgan fingerprint density at radius 2 is 1.68 bits per heavy atom. The molecule has 1 N–H and O–H groups in total. The third kappa shape index (κ3) is 6.33. The summed E-state index contributed by atoms with van der Waals surface area (Å²) in [7, 11) is 1.50. The first-order valence-corrected chi connectivity index (χ1v) is 13.4. The highest BCUT2D eigenvalue weighted by atomic mass is 127. The lowest BCUT2D eigenvalue weighted by molar-refractivity contribution is -0.122. The predicted molar refractivity (Wildman–Crippen MR) is 157 cm³/mol. The number of nitrogens with zero attached hydrogens (tertiary/aromatic N) is 1. The molecule has 10 heteroatoms. The van der Waals surface area contributed by atoms with Crippen LogP contribution < -0.4 is 19.7 Å². The maximum absolute atomic E-state index is 13.3. The molecule has 1 aliphatic rings. The topological polar surface area (TPSA) is 111 Å². The van der Waals surface area contributed by atoms with Gasteiger partial charge in [0.1, 0.15) is 12.2 Å². The molecule has 1 aliphatic heterocycles. The number of hydrogen-bond acceptors (Lipinski definition) is 7. The summed E-state index contributed by atoms with van der Waals surface area (Å²) in [6, 6.07) is 14.5. The van der Waals surface area contributed by atoms with E-state index in [0.29, 0.717) is 27.2 Å². The van der Waals surface area contributed by atoms with Crippen LogP contribution in [0.15, 0.2) is 60.2 Å². The summed E-state index contributed by atoms with van der Waals surface area (Å²) in [4.78, 5) is 51.4. The molecule has 0 aromatic heterocycles. The molecular weight excluding hydrogens is 627 g/mol. The van der Waals surface area contributed by atoms with Gasteiger partial charge in [-0.25, -0.2) is 14.5 Å². The zero-order valence-electron chi connectivity index (χ0n) is 22.4. The molecule has 4 amide bonds. The molecule has 0 spiro atoms. The third-order valence-corrected chi connectivity index (χ3v) is 6.77. The summed E-state index contributed by atoms with van der Waals surface area (Å²) >= 11 is 2.10. The van der Waals surface area contributed by atoms with Gasteiger partial charge in [0.15, 0.2) is 11.5 Å². The van der Waals surface area contributed by atoms with E-state index in [1.807, 2.05) is 13.8 Å². The highest BCUT2D eigenvalue weighted by molar-refractivity contribution is 14.1. The van der Waals surface area contributed by atoms with Gasteiger partial charge in [0.05, 0.1) is 28.5 Å². The number of esters is 1. The normalized spacial score (nSPS) is 14.3. The summed E-state index contributed by atoms with van der Waals surface area (Å²) in [5, 5.41) is 2.20. The van der Waals surface area contributed by atoms with Gasteiger partial charge in [0, 0.05) is 0 Å². The highest BCUT2D eigenvalue weighted by Gasteiger charge is 2.37. The van der Waals surface area contributed by atoms with Crippen molar-refractivity contribution in [2.24, 2.45) is 0 Å². The molecule has 1 saturated heterocycles. The molecule has 206 valence electrons. The van der Waals surface area contributed by atoms with Gasteiger partial charge in [-0.1, -0.05) is 29.3 Å². The molecule has 1 fully saturated rings. The highest BCUT2D eigenvalue weighted by Crippen LogP contribution is 2.35. The number of halogens is 1. The average Bonchev–Trinajstić information content (AvgIpc) is 2.90. The Hall–Kier alpha value is -4.19. The number of aryl methyl sites for hydroxylation is 2. The Morgan fingerprint density at radius 3 is 2.30 bits per heavy atom. The number of rotatable bonds is 8. The minimum absolute atomic E-state index is 0.191. The number of imide groups is 2. The predicted octanol–water partition coefficient (Wildman–Crippen LogP) is 5.34. The van der Waals surface area contributed by atoms with E-state index < -0.39 is 23.8 Å². The molecule has 3 aromatic carbocycles. The first-order valence-electron chi connectivity index (χ1n) is 12.4. The first-order chi connectivity index (χ1) is 19.1. The number of anilines is 1. The Balaban J connectivity index is 1.61. The van der Waals surface area contributed by atoms with E-state index >= 15 is 0 Å². The maximum Gasteiger partial charge on any atom is 0.338 e. The van der Waals surface area contributed by atoms with Crippen LogP contribution >= 0.6 is 22.6 Å². The van der Waals surface area contributed by atoms with Crippen molar-refractivity contribution in [2.75, 3.05) is 18.6 Å². The van der Waals surface area contributed by atoms with E-state index in [0.717, 1.165) is 21.6 Å². The number of methoxy groups -OCH3 is 1. The summed E-state index contributed by atoms with van der Waals surface area (Å²) in [5.41, 5.74) is 4.02. The number of hydrogen-bond donors (Lipinski definition) is 1. The lowest BCUT2D eigenvalue weighted by Gasteiger charge is -2.26. The van der Waals surface area contributed by atoms with Crippen LogP contribution in [0.25, 0.3) is 6.08 Å². The minimum Gasteiger partial charge on any atom is -0.493 e. The molecule has 9 nitrogen and oxygen atoms in total. The number of benzene rings is 3. The van der Waals surface area contributed by atoms with Gasteiger partial charge in [-0.15, -0.1) is 0 Å². The Kier molecular flexibility index (Phi) is 8.88. The number of amides is 4. The number of nitrogens with one attached hydrogen (secondary N) is 1.